The minimum atomic E-state index is -0.537. The van der Waals surface area contributed by atoms with Gasteiger partial charge in [0.15, 0.2) is 5.78 Å². The molecule has 1 unspecified atom stereocenters. The van der Waals surface area contributed by atoms with Crippen LogP contribution in [0.3, 0.4) is 0 Å². The summed E-state index contributed by atoms with van der Waals surface area (Å²) in [5.74, 6) is 0.234. The van der Waals surface area contributed by atoms with Crippen molar-refractivity contribution >= 4 is 17.7 Å². The molecule has 0 N–H and O–H groups in total. The van der Waals surface area contributed by atoms with Gasteiger partial charge >= 0.3 is 0 Å². The first kappa shape index (κ1) is 17.5. The number of aromatic nitrogens is 1. The van der Waals surface area contributed by atoms with Crippen LogP contribution in [0.2, 0.25) is 0 Å². The van der Waals surface area contributed by atoms with Crippen LogP contribution >= 0.6 is 0 Å². The highest BCUT2D eigenvalue weighted by atomic mass is 16.5. The van der Waals surface area contributed by atoms with E-state index in [0.29, 0.717) is 17.9 Å². The Bertz CT molecular complexity index is 860. The summed E-state index contributed by atoms with van der Waals surface area (Å²) in [6, 6.07) is 22.2. The highest BCUT2D eigenvalue weighted by molar-refractivity contribution is 6.10. The summed E-state index contributed by atoms with van der Waals surface area (Å²) in [6.07, 6.45) is 3.35. The highest BCUT2D eigenvalue weighted by Gasteiger charge is 2.21. The second kappa shape index (κ2) is 8.72. The Morgan fingerprint density at radius 3 is 2.42 bits per heavy atom. The lowest BCUT2D eigenvalue weighted by molar-refractivity contribution is 0.0983. The van der Waals surface area contributed by atoms with Crippen molar-refractivity contribution in [1.29, 1.82) is 0 Å². The van der Waals surface area contributed by atoms with Gasteiger partial charge in [-0.3, -0.25) is 14.8 Å². The molecule has 0 bridgehead atoms. The zero-order chi connectivity index (χ0) is 18.2. The molecule has 1 heterocycles. The van der Waals surface area contributed by atoms with Crippen LogP contribution in [0.25, 0.3) is 0 Å². The van der Waals surface area contributed by atoms with Gasteiger partial charge in [0, 0.05) is 18.0 Å². The number of carbonyl (C=O) groups excluding carboxylic acids is 1. The summed E-state index contributed by atoms with van der Waals surface area (Å²) in [6.45, 7) is 2.56. The Morgan fingerprint density at radius 2 is 1.77 bits per heavy atom. The molecule has 0 fully saturated rings. The van der Waals surface area contributed by atoms with Crippen molar-refractivity contribution in [2.45, 2.75) is 12.8 Å². The second-order valence-electron chi connectivity index (χ2n) is 5.67. The van der Waals surface area contributed by atoms with Gasteiger partial charge in [0.05, 0.1) is 23.9 Å². The highest BCUT2D eigenvalue weighted by Crippen LogP contribution is 2.21. The van der Waals surface area contributed by atoms with Crippen molar-refractivity contribution in [3.8, 4) is 5.75 Å². The molecule has 2 aromatic carbocycles. The van der Waals surface area contributed by atoms with E-state index in [-0.39, 0.29) is 5.78 Å². The second-order valence-corrected chi connectivity index (χ2v) is 5.67. The number of benzene rings is 2. The van der Waals surface area contributed by atoms with Gasteiger partial charge in [0.25, 0.3) is 0 Å². The summed E-state index contributed by atoms with van der Waals surface area (Å²) < 4.78 is 5.44. The maximum Gasteiger partial charge on any atom is 0.177 e. The van der Waals surface area contributed by atoms with Gasteiger partial charge in [-0.25, -0.2) is 0 Å². The first-order valence-corrected chi connectivity index (χ1v) is 8.55. The number of aliphatic imine (C=N–C) groups is 1. The standard InChI is InChI=1S/C22H20N2O2/c1-2-26-19-13-11-18(12-14-19)24-16-20(21-10-6-7-15-23-21)22(25)17-8-4-3-5-9-17/h3-16,20H,2H2,1H3. The van der Waals surface area contributed by atoms with E-state index in [1.54, 1.807) is 12.4 Å². The Labute approximate surface area is 153 Å². The topological polar surface area (TPSA) is 51.5 Å². The van der Waals surface area contributed by atoms with Crippen LogP contribution in [0.4, 0.5) is 5.69 Å². The zero-order valence-corrected chi connectivity index (χ0v) is 14.6. The van der Waals surface area contributed by atoms with Gasteiger partial charge in [-0.1, -0.05) is 36.4 Å². The summed E-state index contributed by atoms with van der Waals surface area (Å²) in [7, 11) is 0. The third-order valence-electron chi connectivity index (χ3n) is 3.87. The minimum absolute atomic E-state index is 0.0287. The molecule has 4 heteroatoms. The summed E-state index contributed by atoms with van der Waals surface area (Å²) >= 11 is 0. The van der Waals surface area contributed by atoms with Gasteiger partial charge in [0.1, 0.15) is 5.75 Å². The van der Waals surface area contributed by atoms with Crippen LogP contribution in [0.1, 0.15) is 28.9 Å². The van der Waals surface area contributed by atoms with Crippen molar-refractivity contribution in [2.24, 2.45) is 4.99 Å². The van der Waals surface area contributed by atoms with Crippen molar-refractivity contribution in [1.82, 2.24) is 4.98 Å². The molecule has 0 saturated heterocycles. The van der Waals surface area contributed by atoms with Crippen LogP contribution in [0.5, 0.6) is 5.75 Å². The Balaban J connectivity index is 1.87. The van der Waals surface area contributed by atoms with E-state index in [4.69, 9.17) is 4.74 Å². The summed E-state index contributed by atoms with van der Waals surface area (Å²) in [4.78, 5) is 21.8. The van der Waals surface area contributed by atoms with E-state index >= 15 is 0 Å². The molecule has 0 saturated carbocycles. The average molecular weight is 344 g/mol. The molecule has 1 atom stereocenters. The van der Waals surface area contributed by atoms with Crippen LogP contribution in [-0.4, -0.2) is 23.6 Å². The third kappa shape index (κ3) is 4.42. The van der Waals surface area contributed by atoms with Crippen LogP contribution < -0.4 is 4.74 Å². The molecule has 0 aliphatic carbocycles. The number of nitrogens with zero attached hydrogens (tertiary/aromatic N) is 2. The number of pyridine rings is 1. The molecule has 3 aromatic rings. The van der Waals surface area contributed by atoms with Crippen LogP contribution in [0.15, 0.2) is 84.0 Å². The van der Waals surface area contributed by atoms with Crippen LogP contribution in [0, 0.1) is 0 Å². The maximum atomic E-state index is 13.0. The number of carbonyl (C=O) groups is 1. The SMILES string of the molecule is CCOc1ccc(N=CC(C(=O)c2ccccc2)c2ccccn2)cc1. The van der Waals surface area contributed by atoms with E-state index in [9.17, 15) is 4.79 Å². The first-order chi connectivity index (χ1) is 12.8. The van der Waals surface area contributed by atoms with E-state index in [2.05, 4.69) is 9.98 Å². The van der Waals surface area contributed by atoms with Crippen molar-refractivity contribution < 1.29 is 9.53 Å². The van der Waals surface area contributed by atoms with E-state index in [0.717, 1.165) is 11.4 Å². The first-order valence-electron chi connectivity index (χ1n) is 8.55. The lowest BCUT2D eigenvalue weighted by Crippen LogP contribution is -2.15. The molecule has 0 amide bonds. The smallest absolute Gasteiger partial charge is 0.177 e. The number of Topliss-reactive ketones (excluding diaryl/α,β-unsaturated/α-hetero) is 1. The van der Waals surface area contributed by atoms with E-state index in [1.807, 2.05) is 79.7 Å². The quantitative estimate of drug-likeness (QED) is 0.455. The monoisotopic (exact) mass is 344 g/mol. The molecule has 4 nitrogen and oxygen atoms in total. The normalized spacial score (nSPS) is 12.0. The van der Waals surface area contributed by atoms with Gasteiger partial charge in [-0.05, 0) is 43.3 Å². The molecule has 0 aliphatic rings. The number of ether oxygens (including phenoxy) is 1. The number of ketones is 1. The Hall–Kier alpha value is -3.27. The Morgan fingerprint density at radius 1 is 1.04 bits per heavy atom. The summed E-state index contributed by atoms with van der Waals surface area (Å²) in [5.41, 5.74) is 2.08. The predicted molar refractivity (Wildman–Crippen MR) is 104 cm³/mol. The molecular weight excluding hydrogens is 324 g/mol. The molecule has 1 aromatic heterocycles. The van der Waals surface area contributed by atoms with Gasteiger partial charge in [0.2, 0.25) is 0 Å². The fraction of sp³-hybridized carbons (Fsp3) is 0.136. The average Bonchev–Trinajstić information content (AvgIpc) is 2.71. The van der Waals surface area contributed by atoms with Gasteiger partial charge in [-0.2, -0.15) is 0 Å². The molecule has 0 spiro atoms. The molecule has 26 heavy (non-hydrogen) atoms. The third-order valence-corrected chi connectivity index (χ3v) is 3.87. The number of hydrogen-bond donors (Lipinski definition) is 0. The lowest BCUT2D eigenvalue weighted by Gasteiger charge is -2.11. The van der Waals surface area contributed by atoms with Crippen LogP contribution in [-0.2, 0) is 0 Å². The largest absolute Gasteiger partial charge is 0.494 e. The number of rotatable bonds is 7. The molecule has 130 valence electrons. The summed E-state index contributed by atoms with van der Waals surface area (Å²) in [5, 5.41) is 0. The maximum absolute atomic E-state index is 13.0. The van der Waals surface area contributed by atoms with E-state index < -0.39 is 5.92 Å². The molecule has 0 aliphatic heterocycles. The van der Waals surface area contributed by atoms with Crippen molar-refractivity contribution in [2.75, 3.05) is 6.61 Å². The fourth-order valence-corrected chi connectivity index (χ4v) is 2.58. The number of hydrogen-bond acceptors (Lipinski definition) is 4. The van der Waals surface area contributed by atoms with Crippen molar-refractivity contribution in [3.63, 3.8) is 0 Å². The van der Waals surface area contributed by atoms with Crippen molar-refractivity contribution in [3.05, 3.63) is 90.3 Å². The van der Waals surface area contributed by atoms with E-state index in [1.165, 1.54) is 0 Å². The van der Waals surface area contributed by atoms with Gasteiger partial charge < -0.3 is 4.74 Å². The molecule has 3 rings (SSSR count). The fourth-order valence-electron chi connectivity index (χ4n) is 2.58. The zero-order valence-electron chi connectivity index (χ0n) is 14.6. The lowest BCUT2D eigenvalue weighted by atomic mass is 9.95. The minimum Gasteiger partial charge on any atom is -0.494 e. The predicted octanol–water partition coefficient (Wildman–Crippen LogP) is 4.85. The van der Waals surface area contributed by atoms with Gasteiger partial charge in [-0.15, -0.1) is 0 Å². The Kier molecular flexibility index (Phi) is 5.88. The molecule has 0 radical (unpaired) electrons. The molecular formula is C22H20N2O2.